The standard InChI is InChI=1S/C24H26N2O6/c1-4-32-17-7-5-16(6-8-17)21-22(25-11-13-31-14-12-25)24(28)26(23(21)27)19-15-18(29-2)9-10-20(19)30-3/h5-10,15H,4,11-14H2,1-3H3. The van der Waals surface area contributed by atoms with Gasteiger partial charge >= 0.3 is 0 Å². The highest BCUT2D eigenvalue weighted by molar-refractivity contribution is 6.45. The van der Waals surface area contributed by atoms with Crippen LogP contribution in [0, 0.1) is 0 Å². The van der Waals surface area contributed by atoms with Gasteiger partial charge in [-0.1, -0.05) is 12.1 Å². The molecule has 8 heteroatoms. The van der Waals surface area contributed by atoms with Gasteiger partial charge in [0.15, 0.2) is 0 Å². The first kappa shape index (κ1) is 21.7. The number of hydrogen-bond acceptors (Lipinski definition) is 7. The van der Waals surface area contributed by atoms with Crippen molar-refractivity contribution in [1.82, 2.24) is 4.90 Å². The number of methoxy groups -OCH3 is 2. The molecule has 2 aliphatic heterocycles. The number of ether oxygens (including phenoxy) is 4. The van der Waals surface area contributed by atoms with Crippen LogP contribution in [0.25, 0.3) is 5.57 Å². The summed E-state index contributed by atoms with van der Waals surface area (Å²) in [6.45, 7) is 4.48. The third-order valence-electron chi connectivity index (χ3n) is 5.47. The molecule has 0 atom stereocenters. The number of anilines is 1. The second-order valence-corrected chi connectivity index (χ2v) is 7.26. The molecule has 0 aliphatic carbocycles. The molecule has 2 aromatic carbocycles. The van der Waals surface area contributed by atoms with Crippen molar-refractivity contribution >= 4 is 23.1 Å². The van der Waals surface area contributed by atoms with Crippen LogP contribution in [0.2, 0.25) is 0 Å². The number of carbonyl (C=O) groups excluding carboxylic acids is 2. The number of rotatable bonds is 7. The number of imide groups is 1. The average Bonchev–Trinajstić information content (AvgIpc) is 3.09. The van der Waals surface area contributed by atoms with Crippen molar-refractivity contribution in [2.45, 2.75) is 6.92 Å². The average molecular weight is 438 g/mol. The van der Waals surface area contributed by atoms with Gasteiger partial charge < -0.3 is 23.8 Å². The van der Waals surface area contributed by atoms with Crippen LogP contribution >= 0.6 is 0 Å². The van der Waals surface area contributed by atoms with Gasteiger partial charge in [-0.25, -0.2) is 4.90 Å². The summed E-state index contributed by atoms with van der Waals surface area (Å²) in [6, 6.07) is 12.2. The Bertz CT molecular complexity index is 1040. The van der Waals surface area contributed by atoms with Crippen LogP contribution in [-0.2, 0) is 14.3 Å². The van der Waals surface area contributed by atoms with Crippen molar-refractivity contribution in [2.75, 3.05) is 52.0 Å². The first-order valence-corrected chi connectivity index (χ1v) is 10.5. The number of amides is 2. The molecule has 0 aromatic heterocycles. The van der Waals surface area contributed by atoms with Crippen LogP contribution in [0.1, 0.15) is 12.5 Å². The fraction of sp³-hybridized carbons (Fsp3) is 0.333. The third-order valence-corrected chi connectivity index (χ3v) is 5.47. The van der Waals surface area contributed by atoms with E-state index in [4.69, 9.17) is 18.9 Å². The van der Waals surface area contributed by atoms with E-state index in [9.17, 15) is 9.59 Å². The number of hydrogen-bond donors (Lipinski definition) is 0. The summed E-state index contributed by atoms with van der Waals surface area (Å²) in [6.07, 6.45) is 0. The molecular weight excluding hydrogens is 412 g/mol. The van der Waals surface area contributed by atoms with Crippen LogP contribution in [0.3, 0.4) is 0 Å². The van der Waals surface area contributed by atoms with Crippen molar-refractivity contribution in [1.29, 1.82) is 0 Å². The third kappa shape index (κ3) is 3.89. The molecule has 0 unspecified atom stereocenters. The highest BCUT2D eigenvalue weighted by atomic mass is 16.5. The maximum atomic E-state index is 13.7. The first-order valence-electron chi connectivity index (χ1n) is 10.5. The molecule has 2 aromatic rings. The lowest BCUT2D eigenvalue weighted by Crippen LogP contribution is -2.40. The Kier molecular flexibility index (Phi) is 6.32. The molecule has 8 nitrogen and oxygen atoms in total. The van der Waals surface area contributed by atoms with E-state index in [0.29, 0.717) is 72.7 Å². The van der Waals surface area contributed by atoms with Crippen LogP contribution in [-0.4, -0.2) is 63.8 Å². The molecule has 0 spiro atoms. The topological polar surface area (TPSA) is 77.5 Å². The molecule has 32 heavy (non-hydrogen) atoms. The van der Waals surface area contributed by atoms with Crippen molar-refractivity contribution in [3.63, 3.8) is 0 Å². The lowest BCUT2D eigenvalue weighted by atomic mass is 10.0. The Morgan fingerprint density at radius 3 is 2.22 bits per heavy atom. The summed E-state index contributed by atoms with van der Waals surface area (Å²) in [5.41, 5.74) is 1.71. The van der Waals surface area contributed by atoms with Gasteiger partial charge in [0.25, 0.3) is 11.8 Å². The summed E-state index contributed by atoms with van der Waals surface area (Å²) in [7, 11) is 3.03. The minimum Gasteiger partial charge on any atom is -0.497 e. The van der Waals surface area contributed by atoms with E-state index in [0.717, 1.165) is 4.90 Å². The van der Waals surface area contributed by atoms with Crippen LogP contribution in [0.5, 0.6) is 17.2 Å². The fourth-order valence-electron chi connectivity index (χ4n) is 3.93. The Morgan fingerprint density at radius 1 is 0.906 bits per heavy atom. The van der Waals surface area contributed by atoms with E-state index in [-0.39, 0.29) is 0 Å². The molecule has 0 saturated carbocycles. The Hall–Kier alpha value is -3.52. The van der Waals surface area contributed by atoms with E-state index >= 15 is 0 Å². The minimum absolute atomic E-state index is 0.341. The molecule has 1 fully saturated rings. The number of nitrogens with zero attached hydrogens (tertiary/aromatic N) is 2. The van der Waals surface area contributed by atoms with Crippen molar-refractivity contribution < 1.29 is 28.5 Å². The zero-order valence-electron chi connectivity index (χ0n) is 18.4. The number of morpholine rings is 1. The molecule has 1 saturated heterocycles. The van der Waals surface area contributed by atoms with Crippen LogP contribution in [0.4, 0.5) is 5.69 Å². The van der Waals surface area contributed by atoms with Gasteiger partial charge in [-0.2, -0.15) is 0 Å². The van der Waals surface area contributed by atoms with Crippen LogP contribution in [0.15, 0.2) is 48.2 Å². The molecule has 0 N–H and O–H groups in total. The number of benzene rings is 2. The predicted octanol–water partition coefficient (Wildman–Crippen LogP) is 2.72. The smallest absolute Gasteiger partial charge is 0.282 e. The lowest BCUT2D eigenvalue weighted by molar-refractivity contribution is -0.121. The second kappa shape index (κ2) is 9.32. The second-order valence-electron chi connectivity index (χ2n) is 7.26. The molecule has 0 radical (unpaired) electrons. The SMILES string of the molecule is CCOc1ccc(C2=C(N3CCOCC3)C(=O)N(c3cc(OC)ccc3OC)C2=O)cc1. The van der Waals surface area contributed by atoms with Crippen LogP contribution < -0.4 is 19.1 Å². The highest BCUT2D eigenvalue weighted by Crippen LogP contribution is 2.40. The molecule has 2 aliphatic rings. The van der Waals surface area contributed by atoms with E-state index in [1.807, 2.05) is 11.8 Å². The monoisotopic (exact) mass is 438 g/mol. The van der Waals surface area contributed by atoms with Gasteiger partial charge in [-0.15, -0.1) is 0 Å². The normalized spacial score (nSPS) is 16.6. The molecule has 2 amide bonds. The molecule has 0 bridgehead atoms. The molecular formula is C24H26N2O6. The van der Waals surface area contributed by atoms with E-state index in [2.05, 4.69) is 0 Å². The fourth-order valence-corrected chi connectivity index (χ4v) is 3.93. The summed E-state index contributed by atoms with van der Waals surface area (Å²) >= 11 is 0. The lowest BCUT2D eigenvalue weighted by Gasteiger charge is -2.29. The van der Waals surface area contributed by atoms with Crippen molar-refractivity contribution in [3.05, 3.63) is 53.7 Å². The molecule has 4 rings (SSSR count). The van der Waals surface area contributed by atoms with Crippen molar-refractivity contribution in [2.24, 2.45) is 0 Å². The summed E-state index contributed by atoms with van der Waals surface area (Å²) in [5, 5.41) is 0. The summed E-state index contributed by atoms with van der Waals surface area (Å²) in [4.78, 5) is 30.5. The van der Waals surface area contributed by atoms with Gasteiger partial charge in [0, 0.05) is 19.2 Å². The largest absolute Gasteiger partial charge is 0.497 e. The predicted molar refractivity (Wildman–Crippen MR) is 119 cm³/mol. The highest BCUT2D eigenvalue weighted by Gasteiger charge is 2.44. The molecule has 2 heterocycles. The van der Waals surface area contributed by atoms with Gasteiger partial charge in [-0.05, 0) is 36.8 Å². The van der Waals surface area contributed by atoms with Gasteiger partial charge in [0.2, 0.25) is 0 Å². The van der Waals surface area contributed by atoms with Crippen molar-refractivity contribution in [3.8, 4) is 17.2 Å². The molecule has 168 valence electrons. The van der Waals surface area contributed by atoms with E-state index in [1.165, 1.54) is 14.2 Å². The Labute approximate surface area is 186 Å². The minimum atomic E-state index is -0.410. The summed E-state index contributed by atoms with van der Waals surface area (Å²) in [5.74, 6) is 0.818. The maximum absolute atomic E-state index is 13.7. The zero-order chi connectivity index (χ0) is 22.7. The Balaban J connectivity index is 1.82. The summed E-state index contributed by atoms with van der Waals surface area (Å²) < 4.78 is 21.7. The van der Waals surface area contributed by atoms with Gasteiger partial charge in [0.1, 0.15) is 22.9 Å². The van der Waals surface area contributed by atoms with Gasteiger partial charge in [0.05, 0.1) is 45.3 Å². The quantitative estimate of drug-likeness (QED) is 0.615. The first-order chi connectivity index (χ1) is 15.6. The maximum Gasteiger partial charge on any atom is 0.282 e. The zero-order valence-corrected chi connectivity index (χ0v) is 18.4. The Morgan fingerprint density at radius 2 is 1.59 bits per heavy atom. The van der Waals surface area contributed by atoms with E-state index < -0.39 is 11.8 Å². The van der Waals surface area contributed by atoms with E-state index in [1.54, 1.807) is 42.5 Å². The number of carbonyl (C=O) groups is 2. The van der Waals surface area contributed by atoms with Gasteiger partial charge in [-0.3, -0.25) is 9.59 Å².